The lowest BCUT2D eigenvalue weighted by molar-refractivity contribution is -0.121. The summed E-state index contributed by atoms with van der Waals surface area (Å²) in [6.45, 7) is 4.94. The first-order chi connectivity index (χ1) is 14.2. The molecule has 29 heavy (non-hydrogen) atoms. The lowest BCUT2D eigenvalue weighted by Crippen LogP contribution is -2.41. The van der Waals surface area contributed by atoms with Crippen molar-refractivity contribution in [3.63, 3.8) is 0 Å². The molecule has 1 aliphatic heterocycles. The van der Waals surface area contributed by atoms with Crippen molar-refractivity contribution in [2.45, 2.75) is 33.0 Å². The van der Waals surface area contributed by atoms with Gasteiger partial charge >= 0.3 is 0 Å². The predicted octanol–water partition coefficient (Wildman–Crippen LogP) is 4.00. The second kappa shape index (κ2) is 8.75. The maximum atomic E-state index is 12.7. The largest absolute Gasteiger partial charge is 0.461 e. The van der Waals surface area contributed by atoms with Gasteiger partial charge in [0.05, 0.1) is 18.8 Å². The Morgan fingerprint density at radius 1 is 1.28 bits per heavy atom. The molecule has 0 radical (unpaired) electrons. The van der Waals surface area contributed by atoms with E-state index in [1.165, 1.54) is 0 Å². The highest BCUT2D eigenvalue weighted by Crippen LogP contribution is 2.22. The summed E-state index contributed by atoms with van der Waals surface area (Å²) in [7, 11) is 0. The molecule has 7 nitrogen and oxygen atoms in total. The first-order valence-corrected chi connectivity index (χ1v) is 10.4. The van der Waals surface area contributed by atoms with Gasteiger partial charge in [-0.25, -0.2) is 4.68 Å². The van der Waals surface area contributed by atoms with Gasteiger partial charge in [-0.15, -0.1) is 5.10 Å². The summed E-state index contributed by atoms with van der Waals surface area (Å²) in [5, 5.41) is 7.72. The van der Waals surface area contributed by atoms with Crippen LogP contribution in [0.5, 0.6) is 0 Å². The summed E-state index contributed by atoms with van der Waals surface area (Å²) in [6, 6.07) is 13.3. The summed E-state index contributed by atoms with van der Waals surface area (Å²) in [6.07, 6.45) is 3.50. The van der Waals surface area contributed by atoms with Crippen molar-refractivity contribution in [2.75, 3.05) is 18.4 Å². The second-order valence-corrected chi connectivity index (χ2v) is 7.61. The first-order valence-electron chi connectivity index (χ1n) is 9.95. The van der Waals surface area contributed by atoms with E-state index in [0.29, 0.717) is 23.7 Å². The Kier molecular flexibility index (Phi) is 5.92. The maximum Gasteiger partial charge on any atom is 0.228 e. The van der Waals surface area contributed by atoms with Gasteiger partial charge in [-0.05, 0) is 62.8 Å². The van der Waals surface area contributed by atoms with E-state index in [4.69, 9.17) is 21.7 Å². The number of anilines is 1. The maximum absolute atomic E-state index is 12.7. The van der Waals surface area contributed by atoms with Crippen molar-refractivity contribution in [3.05, 3.63) is 53.5 Å². The van der Waals surface area contributed by atoms with Gasteiger partial charge in [-0.1, -0.05) is 18.2 Å². The van der Waals surface area contributed by atoms with E-state index in [1.807, 2.05) is 58.6 Å². The van der Waals surface area contributed by atoms with Crippen molar-refractivity contribution in [1.29, 1.82) is 0 Å². The molecule has 3 heterocycles. The van der Waals surface area contributed by atoms with Crippen molar-refractivity contribution >= 4 is 23.8 Å². The number of rotatable bonds is 6. The predicted molar refractivity (Wildman–Crippen MR) is 114 cm³/mol. The van der Waals surface area contributed by atoms with Gasteiger partial charge in [0.15, 0.2) is 16.4 Å². The van der Waals surface area contributed by atoms with E-state index in [2.05, 4.69) is 10.2 Å². The van der Waals surface area contributed by atoms with Crippen LogP contribution in [0.15, 0.2) is 53.1 Å². The van der Waals surface area contributed by atoms with E-state index in [9.17, 15) is 4.79 Å². The van der Waals surface area contributed by atoms with E-state index in [-0.39, 0.29) is 11.8 Å². The molecule has 3 aromatic rings. The van der Waals surface area contributed by atoms with Gasteiger partial charge in [0.2, 0.25) is 5.91 Å². The number of benzene rings is 1. The summed E-state index contributed by atoms with van der Waals surface area (Å²) < 4.78 is 9.98. The zero-order valence-corrected chi connectivity index (χ0v) is 17.3. The number of nitrogens with one attached hydrogen (secondary N) is 1. The number of hydrogen-bond donors (Lipinski definition) is 1. The Morgan fingerprint density at radius 2 is 2.10 bits per heavy atom. The molecule has 1 N–H and O–H groups in total. The molecular weight excluding hydrogens is 386 g/mol. The zero-order chi connectivity index (χ0) is 20.2. The fourth-order valence-electron chi connectivity index (χ4n) is 3.76. The van der Waals surface area contributed by atoms with E-state index in [1.54, 1.807) is 6.26 Å². The highest BCUT2D eigenvalue weighted by atomic mass is 32.1. The minimum absolute atomic E-state index is 0.0454. The van der Waals surface area contributed by atoms with E-state index in [0.717, 1.165) is 37.4 Å². The number of nitrogens with zero attached hydrogens (tertiary/aromatic N) is 4. The van der Waals surface area contributed by atoms with Crippen LogP contribution < -0.4 is 5.32 Å². The molecule has 0 aliphatic carbocycles. The summed E-state index contributed by atoms with van der Waals surface area (Å²) in [5.74, 6) is 1.46. The van der Waals surface area contributed by atoms with Crippen LogP contribution in [0.1, 0.15) is 19.8 Å². The Hall–Kier alpha value is -2.71. The van der Waals surface area contributed by atoms with Crippen LogP contribution in [-0.4, -0.2) is 38.2 Å². The monoisotopic (exact) mass is 411 g/mol. The molecule has 1 aliphatic rings. The van der Waals surface area contributed by atoms with Crippen LogP contribution in [0.4, 0.5) is 5.69 Å². The molecule has 1 fully saturated rings. The molecule has 8 heteroatoms. The van der Waals surface area contributed by atoms with Crippen molar-refractivity contribution in [1.82, 2.24) is 19.2 Å². The van der Waals surface area contributed by atoms with Crippen LogP contribution in [0, 0.1) is 10.7 Å². The number of amides is 1. The molecule has 1 aromatic carbocycles. The number of carbonyl (C=O) groups excluding carboxylic acids is 1. The van der Waals surface area contributed by atoms with Crippen LogP contribution in [0.25, 0.3) is 11.6 Å². The Labute approximate surface area is 174 Å². The Morgan fingerprint density at radius 3 is 2.83 bits per heavy atom. The minimum atomic E-state index is -0.0454. The molecule has 1 atom stereocenters. The lowest BCUT2D eigenvalue weighted by atomic mass is 9.97. The molecule has 4 rings (SSSR count). The normalized spacial score (nSPS) is 17.3. The molecule has 1 amide bonds. The average molecular weight is 412 g/mol. The number of piperidine rings is 1. The number of furan rings is 1. The van der Waals surface area contributed by atoms with Crippen molar-refractivity contribution < 1.29 is 9.21 Å². The van der Waals surface area contributed by atoms with Crippen LogP contribution in [-0.2, 0) is 18.0 Å². The fraction of sp³-hybridized carbons (Fsp3) is 0.381. The van der Waals surface area contributed by atoms with Gasteiger partial charge in [-0.3, -0.25) is 14.3 Å². The van der Waals surface area contributed by atoms with Crippen LogP contribution >= 0.6 is 12.2 Å². The van der Waals surface area contributed by atoms with Gasteiger partial charge in [-0.2, -0.15) is 0 Å². The van der Waals surface area contributed by atoms with E-state index < -0.39 is 0 Å². The Bertz CT molecular complexity index is 1010. The zero-order valence-electron chi connectivity index (χ0n) is 16.5. The second-order valence-electron chi connectivity index (χ2n) is 7.24. The first kappa shape index (κ1) is 19.6. The smallest absolute Gasteiger partial charge is 0.228 e. The fourth-order valence-corrected chi connectivity index (χ4v) is 4.07. The highest BCUT2D eigenvalue weighted by Gasteiger charge is 2.27. The molecule has 0 saturated carbocycles. The third kappa shape index (κ3) is 4.33. The molecule has 0 spiro atoms. The number of hydrogen-bond acceptors (Lipinski definition) is 5. The van der Waals surface area contributed by atoms with Gasteiger partial charge < -0.3 is 9.73 Å². The van der Waals surface area contributed by atoms with Crippen LogP contribution in [0.2, 0.25) is 0 Å². The molecule has 0 bridgehead atoms. The van der Waals surface area contributed by atoms with Crippen molar-refractivity contribution in [2.24, 2.45) is 5.92 Å². The molecule has 2 aromatic heterocycles. The van der Waals surface area contributed by atoms with Gasteiger partial charge in [0.1, 0.15) is 0 Å². The quantitative estimate of drug-likeness (QED) is 0.621. The SMILES string of the molecule is CCn1c(-c2ccco2)nn(CN2CCCC(C(=O)Nc3ccccc3)C2)c1=S. The molecule has 1 saturated heterocycles. The third-order valence-electron chi connectivity index (χ3n) is 5.23. The molecule has 152 valence electrons. The number of para-hydroxylation sites is 1. The summed E-state index contributed by atoms with van der Waals surface area (Å²) >= 11 is 5.64. The van der Waals surface area contributed by atoms with Crippen molar-refractivity contribution in [3.8, 4) is 11.6 Å². The number of aromatic nitrogens is 3. The number of likely N-dealkylation sites (tertiary alicyclic amines) is 1. The number of carbonyl (C=O) groups is 1. The third-order valence-corrected chi connectivity index (χ3v) is 5.66. The van der Waals surface area contributed by atoms with Crippen LogP contribution in [0.3, 0.4) is 0 Å². The minimum Gasteiger partial charge on any atom is -0.461 e. The van der Waals surface area contributed by atoms with Gasteiger partial charge in [0.25, 0.3) is 0 Å². The standard InChI is InChI=1S/C21H25N5O2S/c1-2-25-19(18-11-7-13-28-18)23-26(21(25)29)15-24-12-6-8-16(14-24)20(27)22-17-9-4-3-5-10-17/h3-5,7,9-11,13,16H,2,6,8,12,14-15H2,1H3,(H,22,27). The lowest BCUT2D eigenvalue weighted by Gasteiger charge is -2.31. The van der Waals surface area contributed by atoms with Gasteiger partial charge in [0, 0.05) is 18.8 Å². The topological polar surface area (TPSA) is 68.2 Å². The summed E-state index contributed by atoms with van der Waals surface area (Å²) in [5.41, 5.74) is 0.835. The Balaban J connectivity index is 1.46. The summed E-state index contributed by atoms with van der Waals surface area (Å²) in [4.78, 5) is 14.9. The molecular formula is C21H25N5O2S. The molecule has 1 unspecified atom stereocenters. The highest BCUT2D eigenvalue weighted by molar-refractivity contribution is 7.71. The average Bonchev–Trinajstić information content (AvgIpc) is 3.37. The van der Waals surface area contributed by atoms with E-state index >= 15 is 0 Å².